The molecule has 19 heavy (non-hydrogen) atoms. The number of amides is 1. The first-order valence-electron chi connectivity index (χ1n) is 6.39. The van der Waals surface area contributed by atoms with E-state index in [9.17, 15) is 9.90 Å². The first-order valence-corrected chi connectivity index (χ1v) is 7.21. The van der Waals surface area contributed by atoms with Gasteiger partial charge in [0, 0.05) is 20.1 Å². The molecular formula is C12H22N4O2S. The third-order valence-electron chi connectivity index (χ3n) is 2.60. The predicted octanol–water partition coefficient (Wildman–Crippen LogP) is 1.39. The second-order valence-electron chi connectivity index (χ2n) is 4.52. The minimum atomic E-state index is -0.421. The topological polar surface area (TPSA) is 91.5 Å². The minimum absolute atomic E-state index is 0.153. The van der Waals surface area contributed by atoms with E-state index in [1.165, 1.54) is 11.3 Å². The van der Waals surface area contributed by atoms with Gasteiger partial charge in [-0.3, -0.25) is 4.79 Å². The molecule has 7 heteroatoms. The Labute approximate surface area is 117 Å². The van der Waals surface area contributed by atoms with E-state index in [0.717, 1.165) is 13.0 Å². The van der Waals surface area contributed by atoms with Gasteiger partial charge in [-0.25, -0.2) is 4.98 Å². The van der Waals surface area contributed by atoms with Crippen LogP contribution in [0, 0.1) is 0 Å². The van der Waals surface area contributed by atoms with Crippen molar-refractivity contribution < 1.29 is 9.90 Å². The fourth-order valence-electron chi connectivity index (χ4n) is 1.45. The van der Waals surface area contributed by atoms with E-state index in [1.807, 2.05) is 0 Å². The third-order valence-corrected chi connectivity index (χ3v) is 3.62. The van der Waals surface area contributed by atoms with Gasteiger partial charge < -0.3 is 21.1 Å². The van der Waals surface area contributed by atoms with Crippen molar-refractivity contribution in [1.29, 1.82) is 0 Å². The summed E-state index contributed by atoms with van der Waals surface area (Å²) in [6.45, 7) is 5.05. The number of aliphatic hydroxyl groups excluding tert-OH is 1. The van der Waals surface area contributed by atoms with Crippen LogP contribution in [-0.4, -0.2) is 47.1 Å². The number of hydrogen-bond acceptors (Lipinski definition) is 6. The number of nitrogen functional groups attached to an aromatic ring is 1. The zero-order valence-electron chi connectivity index (χ0n) is 11.6. The van der Waals surface area contributed by atoms with Crippen LogP contribution in [0.4, 0.5) is 10.9 Å². The fraction of sp³-hybridized carbons (Fsp3) is 0.667. The molecule has 0 saturated heterocycles. The summed E-state index contributed by atoms with van der Waals surface area (Å²) in [6.07, 6.45) is 1.11. The van der Waals surface area contributed by atoms with Crippen molar-refractivity contribution in [2.24, 2.45) is 0 Å². The molecule has 1 amide bonds. The molecular weight excluding hydrogens is 264 g/mol. The van der Waals surface area contributed by atoms with E-state index in [1.54, 1.807) is 18.9 Å². The van der Waals surface area contributed by atoms with Crippen LogP contribution in [0.25, 0.3) is 0 Å². The molecule has 1 aromatic heterocycles. The number of aromatic nitrogens is 1. The second-order valence-corrected chi connectivity index (χ2v) is 5.52. The number of carbonyl (C=O) groups excluding carboxylic acids is 1. The van der Waals surface area contributed by atoms with E-state index >= 15 is 0 Å². The number of nitrogens with zero attached hydrogens (tertiary/aromatic N) is 2. The summed E-state index contributed by atoms with van der Waals surface area (Å²) < 4.78 is 0. The molecule has 6 nitrogen and oxygen atoms in total. The van der Waals surface area contributed by atoms with Gasteiger partial charge in [0.05, 0.1) is 6.10 Å². The molecule has 0 saturated carbocycles. The highest BCUT2D eigenvalue weighted by atomic mass is 32.1. The Morgan fingerprint density at radius 3 is 2.89 bits per heavy atom. The molecule has 0 aliphatic heterocycles. The first kappa shape index (κ1) is 15.7. The molecule has 0 bridgehead atoms. The van der Waals surface area contributed by atoms with Crippen molar-refractivity contribution in [2.75, 3.05) is 31.2 Å². The van der Waals surface area contributed by atoms with Crippen molar-refractivity contribution >= 4 is 28.2 Å². The van der Waals surface area contributed by atoms with Crippen LogP contribution in [0.1, 0.15) is 36.4 Å². The number of anilines is 2. The first-order chi connectivity index (χ1) is 8.95. The van der Waals surface area contributed by atoms with E-state index in [0.29, 0.717) is 23.0 Å². The molecule has 1 rings (SSSR count). The zero-order chi connectivity index (χ0) is 14.4. The number of nitrogens with one attached hydrogen (secondary N) is 1. The SMILES string of the molecule is CCCNc1nc(N)c(C(=O)N(C)CCC(C)O)s1. The Balaban J connectivity index is 2.67. The Morgan fingerprint density at radius 1 is 1.63 bits per heavy atom. The molecule has 1 atom stereocenters. The average Bonchev–Trinajstić information content (AvgIpc) is 2.73. The molecule has 1 aromatic rings. The van der Waals surface area contributed by atoms with E-state index in [2.05, 4.69) is 17.2 Å². The highest BCUT2D eigenvalue weighted by molar-refractivity contribution is 7.18. The Kier molecular flexibility index (Phi) is 6.04. The van der Waals surface area contributed by atoms with E-state index in [4.69, 9.17) is 5.73 Å². The van der Waals surface area contributed by atoms with Crippen LogP contribution in [0.5, 0.6) is 0 Å². The summed E-state index contributed by atoms with van der Waals surface area (Å²) >= 11 is 1.27. The van der Waals surface area contributed by atoms with Gasteiger partial charge in [-0.15, -0.1) is 0 Å². The lowest BCUT2D eigenvalue weighted by Crippen LogP contribution is -2.29. The van der Waals surface area contributed by atoms with Gasteiger partial charge in [0.1, 0.15) is 10.7 Å². The number of rotatable bonds is 7. The molecule has 0 fully saturated rings. The van der Waals surface area contributed by atoms with Crippen LogP contribution in [0.3, 0.4) is 0 Å². The zero-order valence-corrected chi connectivity index (χ0v) is 12.5. The molecule has 0 aliphatic carbocycles. The van der Waals surface area contributed by atoms with E-state index < -0.39 is 6.10 Å². The lowest BCUT2D eigenvalue weighted by molar-refractivity contribution is 0.0774. The maximum absolute atomic E-state index is 12.2. The van der Waals surface area contributed by atoms with Crippen LogP contribution in [-0.2, 0) is 0 Å². The maximum Gasteiger partial charge on any atom is 0.267 e. The molecule has 0 aliphatic rings. The van der Waals surface area contributed by atoms with E-state index in [-0.39, 0.29) is 11.7 Å². The minimum Gasteiger partial charge on any atom is -0.393 e. The Bertz CT molecular complexity index is 420. The summed E-state index contributed by atoms with van der Waals surface area (Å²) in [6, 6.07) is 0. The summed E-state index contributed by atoms with van der Waals surface area (Å²) in [5, 5.41) is 13.0. The van der Waals surface area contributed by atoms with Crippen molar-refractivity contribution in [1.82, 2.24) is 9.88 Å². The smallest absolute Gasteiger partial charge is 0.267 e. The van der Waals surface area contributed by atoms with Crippen molar-refractivity contribution in [2.45, 2.75) is 32.8 Å². The summed E-state index contributed by atoms with van der Waals surface area (Å²) in [4.78, 5) is 18.3. The number of nitrogens with two attached hydrogens (primary N) is 1. The van der Waals surface area contributed by atoms with Crippen LogP contribution >= 0.6 is 11.3 Å². The highest BCUT2D eigenvalue weighted by Crippen LogP contribution is 2.26. The molecule has 108 valence electrons. The van der Waals surface area contributed by atoms with Crippen molar-refractivity contribution in [3.63, 3.8) is 0 Å². The van der Waals surface area contributed by atoms with Gasteiger partial charge in [-0.1, -0.05) is 18.3 Å². The largest absolute Gasteiger partial charge is 0.393 e. The Morgan fingerprint density at radius 2 is 2.32 bits per heavy atom. The number of thiazole rings is 1. The molecule has 0 radical (unpaired) electrons. The summed E-state index contributed by atoms with van der Waals surface area (Å²) in [5.74, 6) is 0.109. The predicted molar refractivity (Wildman–Crippen MR) is 78.6 cm³/mol. The van der Waals surface area contributed by atoms with Crippen LogP contribution in [0.2, 0.25) is 0 Å². The maximum atomic E-state index is 12.2. The quantitative estimate of drug-likeness (QED) is 0.704. The standard InChI is InChI=1S/C12H22N4O2S/c1-4-6-14-12-15-10(13)9(19-12)11(18)16(3)7-5-8(2)17/h8,17H,4-7,13H2,1-3H3,(H,14,15). The Hall–Kier alpha value is -1.34. The highest BCUT2D eigenvalue weighted by Gasteiger charge is 2.19. The van der Waals surface area contributed by atoms with Crippen molar-refractivity contribution in [3.05, 3.63) is 4.88 Å². The summed E-state index contributed by atoms with van der Waals surface area (Å²) in [5.41, 5.74) is 5.77. The van der Waals surface area contributed by atoms with Crippen LogP contribution in [0.15, 0.2) is 0 Å². The molecule has 1 unspecified atom stereocenters. The summed E-state index contributed by atoms with van der Waals surface area (Å²) in [7, 11) is 1.70. The molecule has 1 heterocycles. The van der Waals surface area contributed by atoms with Gasteiger partial charge in [0.15, 0.2) is 5.13 Å². The molecule has 4 N–H and O–H groups in total. The fourth-order valence-corrected chi connectivity index (χ4v) is 2.35. The van der Waals surface area contributed by atoms with Gasteiger partial charge in [-0.05, 0) is 19.8 Å². The monoisotopic (exact) mass is 286 g/mol. The van der Waals surface area contributed by atoms with Gasteiger partial charge in [0.2, 0.25) is 0 Å². The number of carbonyl (C=O) groups is 1. The lowest BCUT2D eigenvalue weighted by atomic mass is 10.2. The van der Waals surface area contributed by atoms with Gasteiger partial charge >= 0.3 is 0 Å². The van der Waals surface area contributed by atoms with Gasteiger partial charge in [0.25, 0.3) is 5.91 Å². The van der Waals surface area contributed by atoms with Gasteiger partial charge in [-0.2, -0.15) is 0 Å². The second kappa shape index (κ2) is 7.30. The van der Waals surface area contributed by atoms with Crippen LogP contribution < -0.4 is 11.1 Å². The average molecular weight is 286 g/mol. The van der Waals surface area contributed by atoms with Crippen molar-refractivity contribution in [3.8, 4) is 0 Å². The lowest BCUT2D eigenvalue weighted by Gasteiger charge is -2.17. The normalized spacial score (nSPS) is 12.2. The molecule has 0 spiro atoms. The molecule has 0 aromatic carbocycles. The number of aliphatic hydroxyl groups is 1. The third kappa shape index (κ3) is 4.68. The number of hydrogen-bond donors (Lipinski definition) is 3.